The number of hydrogen-bond acceptors (Lipinski definition) is 6. The molecule has 3 rings (SSSR count). The van der Waals surface area contributed by atoms with Gasteiger partial charge in [-0.3, -0.25) is 0 Å². The van der Waals surface area contributed by atoms with Crippen LogP contribution in [0.15, 0.2) is 12.1 Å². The first-order chi connectivity index (χ1) is 11.1. The average Bonchev–Trinajstić information content (AvgIpc) is 3.07. The maximum Gasteiger partial charge on any atom is 0.227 e. The number of hydrogen-bond donors (Lipinski definition) is 1. The van der Waals surface area contributed by atoms with Gasteiger partial charge in [0, 0.05) is 30.6 Å². The van der Waals surface area contributed by atoms with Gasteiger partial charge in [-0.2, -0.15) is 4.98 Å². The van der Waals surface area contributed by atoms with Crippen molar-refractivity contribution in [2.24, 2.45) is 0 Å². The molecular formula is C17H24N4O2. The first kappa shape index (κ1) is 15.6. The first-order valence-electron chi connectivity index (χ1n) is 8.07. The van der Waals surface area contributed by atoms with Gasteiger partial charge in [0.05, 0.1) is 19.7 Å². The fourth-order valence-electron chi connectivity index (χ4n) is 2.89. The topological polar surface area (TPSA) is 59.5 Å². The summed E-state index contributed by atoms with van der Waals surface area (Å²) < 4.78 is 10.8. The van der Waals surface area contributed by atoms with Gasteiger partial charge in [-0.05, 0) is 32.8 Å². The number of fused-ring (bicyclic) bond motifs is 1. The normalized spacial score (nSPS) is 14.6. The summed E-state index contributed by atoms with van der Waals surface area (Å²) in [7, 11) is 3.28. The predicted molar refractivity (Wildman–Crippen MR) is 92.8 cm³/mol. The second kappa shape index (κ2) is 6.48. The van der Waals surface area contributed by atoms with Crippen LogP contribution in [0.5, 0.6) is 11.5 Å². The van der Waals surface area contributed by atoms with Crippen LogP contribution in [0.2, 0.25) is 0 Å². The van der Waals surface area contributed by atoms with E-state index in [1.54, 1.807) is 14.2 Å². The average molecular weight is 316 g/mol. The van der Waals surface area contributed by atoms with Crippen LogP contribution in [0.3, 0.4) is 0 Å². The van der Waals surface area contributed by atoms with Gasteiger partial charge < -0.3 is 19.7 Å². The Morgan fingerprint density at radius 1 is 1.04 bits per heavy atom. The van der Waals surface area contributed by atoms with Crippen molar-refractivity contribution in [1.29, 1.82) is 0 Å². The van der Waals surface area contributed by atoms with Gasteiger partial charge in [0.2, 0.25) is 5.95 Å². The minimum Gasteiger partial charge on any atom is -0.493 e. The van der Waals surface area contributed by atoms with Crippen LogP contribution in [0.25, 0.3) is 10.9 Å². The number of nitrogens with zero attached hydrogens (tertiary/aromatic N) is 3. The highest BCUT2D eigenvalue weighted by Gasteiger charge is 2.19. The lowest BCUT2D eigenvalue weighted by molar-refractivity contribution is 0.356. The van der Waals surface area contributed by atoms with Gasteiger partial charge in [-0.15, -0.1) is 0 Å². The predicted octanol–water partition coefficient (Wildman–Crippen LogP) is 3.07. The van der Waals surface area contributed by atoms with Crippen molar-refractivity contribution in [3.05, 3.63) is 12.1 Å². The molecule has 0 amide bonds. The molecule has 1 aromatic carbocycles. The Balaban J connectivity index is 2.16. The summed E-state index contributed by atoms with van der Waals surface area (Å²) in [5.74, 6) is 2.99. The quantitative estimate of drug-likeness (QED) is 0.915. The molecule has 0 aliphatic carbocycles. The lowest BCUT2D eigenvalue weighted by atomic mass is 10.2. The fraction of sp³-hybridized carbons (Fsp3) is 0.529. The maximum absolute atomic E-state index is 5.42. The van der Waals surface area contributed by atoms with Gasteiger partial charge >= 0.3 is 0 Å². The first-order valence-corrected chi connectivity index (χ1v) is 8.07. The van der Waals surface area contributed by atoms with Crippen molar-refractivity contribution in [1.82, 2.24) is 9.97 Å². The zero-order valence-corrected chi connectivity index (χ0v) is 14.2. The minimum absolute atomic E-state index is 0.285. The molecule has 23 heavy (non-hydrogen) atoms. The van der Waals surface area contributed by atoms with E-state index < -0.39 is 0 Å². The summed E-state index contributed by atoms with van der Waals surface area (Å²) in [6, 6.07) is 4.14. The second-order valence-electron chi connectivity index (χ2n) is 6.09. The number of ether oxygens (including phenoxy) is 2. The molecule has 0 saturated carbocycles. The Hall–Kier alpha value is -2.24. The van der Waals surface area contributed by atoms with Crippen LogP contribution in [0.1, 0.15) is 26.7 Å². The van der Waals surface area contributed by atoms with Crippen LogP contribution >= 0.6 is 0 Å². The molecular weight excluding hydrogens is 292 g/mol. The molecule has 0 atom stereocenters. The molecule has 2 aromatic rings. The van der Waals surface area contributed by atoms with Crippen LogP contribution in [-0.2, 0) is 0 Å². The summed E-state index contributed by atoms with van der Waals surface area (Å²) in [5.41, 5.74) is 0.864. The lowest BCUT2D eigenvalue weighted by Gasteiger charge is -2.19. The molecule has 6 nitrogen and oxygen atoms in total. The molecule has 1 aromatic heterocycles. The maximum atomic E-state index is 5.42. The molecule has 124 valence electrons. The number of methoxy groups -OCH3 is 2. The number of nitrogens with one attached hydrogen (secondary N) is 1. The van der Waals surface area contributed by atoms with Crippen molar-refractivity contribution in [2.45, 2.75) is 32.7 Å². The third-order valence-corrected chi connectivity index (χ3v) is 4.00. The highest BCUT2D eigenvalue weighted by Crippen LogP contribution is 2.35. The number of aromatic nitrogens is 2. The Morgan fingerprint density at radius 2 is 1.70 bits per heavy atom. The molecule has 0 bridgehead atoms. The standard InChI is InChI=1S/C17H24N4O2/c1-11(2)18-16-12-9-14(22-3)15(23-4)10-13(12)19-17(20-16)21-7-5-6-8-21/h9-11H,5-8H2,1-4H3,(H,18,19,20). The molecule has 1 aliphatic heterocycles. The van der Waals surface area contributed by atoms with E-state index in [2.05, 4.69) is 24.1 Å². The Bertz CT molecular complexity index is 697. The van der Waals surface area contributed by atoms with Gasteiger partial charge in [0.25, 0.3) is 0 Å². The Labute approximate surface area is 136 Å². The van der Waals surface area contributed by atoms with Gasteiger partial charge in [-0.25, -0.2) is 4.98 Å². The number of anilines is 2. The van der Waals surface area contributed by atoms with E-state index in [1.807, 2.05) is 12.1 Å². The van der Waals surface area contributed by atoms with Crippen LogP contribution in [-0.4, -0.2) is 43.3 Å². The Morgan fingerprint density at radius 3 is 2.30 bits per heavy atom. The SMILES string of the molecule is COc1cc2nc(N3CCCC3)nc(NC(C)C)c2cc1OC. The summed E-state index contributed by atoms with van der Waals surface area (Å²) in [5, 5.41) is 4.37. The lowest BCUT2D eigenvalue weighted by Crippen LogP contribution is -2.22. The monoisotopic (exact) mass is 316 g/mol. The minimum atomic E-state index is 0.285. The van der Waals surface area contributed by atoms with Crippen molar-refractivity contribution in [3.63, 3.8) is 0 Å². The van der Waals surface area contributed by atoms with E-state index in [1.165, 1.54) is 12.8 Å². The third-order valence-electron chi connectivity index (χ3n) is 4.00. The van der Waals surface area contributed by atoms with E-state index >= 15 is 0 Å². The summed E-state index contributed by atoms with van der Waals surface area (Å²) in [6.45, 7) is 6.23. The van der Waals surface area contributed by atoms with Crippen molar-refractivity contribution in [3.8, 4) is 11.5 Å². The summed E-state index contributed by atoms with van der Waals surface area (Å²) in [4.78, 5) is 11.7. The molecule has 1 aliphatic rings. The molecule has 1 fully saturated rings. The van der Waals surface area contributed by atoms with Gasteiger partial charge in [0.1, 0.15) is 5.82 Å². The zero-order valence-electron chi connectivity index (χ0n) is 14.2. The van der Waals surface area contributed by atoms with E-state index in [0.717, 1.165) is 35.8 Å². The molecule has 0 radical (unpaired) electrons. The summed E-state index contributed by atoms with van der Waals surface area (Å²) in [6.07, 6.45) is 2.39. The highest BCUT2D eigenvalue weighted by atomic mass is 16.5. The van der Waals surface area contributed by atoms with Crippen LogP contribution in [0, 0.1) is 0 Å². The van der Waals surface area contributed by atoms with Crippen molar-refractivity contribution in [2.75, 3.05) is 37.5 Å². The van der Waals surface area contributed by atoms with Crippen LogP contribution in [0.4, 0.5) is 11.8 Å². The van der Waals surface area contributed by atoms with Crippen molar-refractivity contribution >= 4 is 22.7 Å². The Kier molecular flexibility index (Phi) is 4.41. The molecule has 6 heteroatoms. The molecule has 2 heterocycles. The molecule has 1 saturated heterocycles. The molecule has 0 spiro atoms. The second-order valence-corrected chi connectivity index (χ2v) is 6.09. The number of rotatable bonds is 5. The van der Waals surface area contributed by atoms with Gasteiger partial charge in [0.15, 0.2) is 11.5 Å². The highest BCUT2D eigenvalue weighted by molar-refractivity contribution is 5.92. The fourth-order valence-corrected chi connectivity index (χ4v) is 2.89. The van der Waals surface area contributed by atoms with Crippen molar-refractivity contribution < 1.29 is 9.47 Å². The third kappa shape index (κ3) is 3.11. The number of benzene rings is 1. The summed E-state index contributed by atoms with van der Waals surface area (Å²) >= 11 is 0. The molecule has 1 N–H and O–H groups in total. The van der Waals surface area contributed by atoms with E-state index in [9.17, 15) is 0 Å². The zero-order chi connectivity index (χ0) is 16.4. The molecule has 0 unspecified atom stereocenters. The van der Waals surface area contributed by atoms with E-state index in [-0.39, 0.29) is 6.04 Å². The smallest absolute Gasteiger partial charge is 0.227 e. The van der Waals surface area contributed by atoms with E-state index in [4.69, 9.17) is 19.4 Å². The van der Waals surface area contributed by atoms with Crippen LogP contribution < -0.4 is 19.7 Å². The largest absolute Gasteiger partial charge is 0.493 e. The van der Waals surface area contributed by atoms with Gasteiger partial charge in [-0.1, -0.05) is 0 Å². The van der Waals surface area contributed by atoms with E-state index in [0.29, 0.717) is 11.5 Å².